The molecule has 0 aliphatic carbocycles. The van der Waals surface area contributed by atoms with Gasteiger partial charge in [0.05, 0.1) is 11.5 Å². The van der Waals surface area contributed by atoms with Gasteiger partial charge in [-0.3, -0.25) is 4.79 Å². The van der Waals surface area contributed by atoms with Gasteiger partial charge in [-0.25, -0.2) is 0 Å². The molecule has 1 atom stereocenters. The minimum Gasteiger partial charge on any atom is -0.378 e. The third kappa shape index (κ3) is 5.74. The Labute approximate surface area is 187 Å². The minimum atomic E-state index is -4.02. The maximum absolute atomic E-state index is 12.8. The summed E-state index contributed by atoms with van der Waals surface area (Å²) < 4.78 is 30.9. The monoisotopic (exact) mass is 459 g/mol. The molecule has 1 aliphatic heterocycles. The number of hydrogen-bond acceptors (Lipinski definition) is 7. The molecule has 9 heteroatoms. The zero-order valence-corrected chi connectivity index (χ0v) is 19.5. The predicted molar refractivity (Wildman–Crippen MR) is 124 cm³/mol. The van der Waals surface area contributed by atoms with E-state index in [-0.39, 0.29) is 27.2 Å². The van der Waals surface area contributed by atoms with Crippen LogP contribution in [-0.2, 0) is 20.3 Å². The number of carbonyl (C=O) groups excluding carboxylic acids is 1. The molecular formula is C22H25N3O4S2. The second-order valence-corrected chi connectivity index (χ2v) is 10.7. The number of rotatable bonds is 6. The normalized spacial score (nSPS) is 18.5. The fourth-order valence-electron chi connectivity index (χ4n) is 2.82. The number of amides is 1. The largest absolute Gasteiger partial charge is 0.378 e. The van der Waals surface area contributed by atoms with E-state index in [0.717, 1.165) is 5.56 Å². The zero-order chi connectivity index (χ0) is 22.6. The van der Waals surface area contributed by atoms with E-state index in [9.17, 15) is 13.2 Å². The van der Waals surface area contributed by atoms with Gasteiger partial charge in [0.25, 0.3) is 0 Å². The number of nitrogens with one attached hydrogen (secondary N) is 1. The molecule has 1 fully saturated rings. The van der Waals surface area contributed by atoms with E-state index in [1.807, 2.05) is 6.92 Å². The van der Waals surface area contributed by atoms with Gasteiger partial charge in [0.15, 0.2) is 10.9 Å². The van der Waals surface area contributed by atoms with Crippen molar-refractivity contribution in [2.24, 2.45) is 10.2 Å². The lowest BCUT2D eigenvalue weighted by atomic mass is 9.87. The fraction of sp³-hybridized carbons (Fsp3) is 0.318. The van der Waals surface area contributed by atoms with Crippen molar-refractivity contribution in [2.45, 2.75) is 49.7 Å². The van der Waals surface area contributed by atoms with Gasteiger partial charge in [-0.15, -0.1) is 5.10 Å². The minimum absolute atomic E-state index is 0.0724. The quantitative estimate of drug-likeness (QED) is 0.399. The van der Waals surface area contributed by atoms with Crippen LogP contribution in [0.1, 0.15) is 45.2 Å². The summed E-state index contributed by atoms with van der Waals surface area (Å²) in [5.74, 6) is 0.0506. The SMILES string of the molecule is CCC1S/C(=N/N=C/c2ccccc2OS(=O)(=O)c2ccc(C(C)(C)C)cc2)NC1=O. The van der Waals surface area contributed by atoms with Crippen LogP contribution in [0.2, 0.25) is 0 Å². The Balaban J connectivity index is 1.78. The van der Waals surface area contributed by atoms with Gasteiger partial charge in [0.1, 0.15) is 4.90 Å². The summed E-state index contributed by atoms with van der Waals surface area (Å²) in [6, 6.07) is 13.3. The van der Waals surface area contributed by atoms with Crippen molar-refractivity contribution in [3.05, 3.63) is 59.7 Å². The highest BCUT2D eigenvalue weighted by Crippen LogP contribution is 2.26. The van der Waals surface area contributed by atoms with Gasteiger partial charge >= 0.3 is 10.1 Å². The molecule has 1 heterocycles. The maximum atomic E-state index is 12.8. The molecule has 31 heavy (non-hydrogen) atoms. The molecule has 2 aromatic carbocycles. The van der Waals surface area contributed by atoms with Gasteiger partial charge in [0, 0.05) is 5.56 Å². The Morgan fingerprint density at radius 3 is 2.42 bits per heavy atom. The van der Waals surface area contributed by atoms with Gasteiger partial charge in [-0.1, -0.05) is 63.7 Å². The first-order valence-corrected chi connectivity index (χ1v) is 12.1. The number of nitrogens with zero attached hydrogens (tertiary/aromatic N) is 2. The van der Waals surface area contributed by atoms with E-state index in [0.29, 0.717) is 17.2 Å². The smallest absolute Gasteiger partial charge is 0.339 e. The number of para-hydroxylation sites is 1. The van der Waals surface area contributed by atoms with Gasteiger partial charge in [0.2, 0.25) is 5.91 Å². The lowest BCUT2D eigenvalue weighted by molar-refractivity contribution is -0.118. The number of amidine groups is 1. The second kappa shape index (κ2) is 9.23. The average molecular weight is 460 g/mol. The van der Waals surface area contributed by atoms with Gasteiger partial charge < -0.3 is 9.50 Å². The van der Waals surface area contributed by atoms with Crippen LogP contribution < -0.4 is 9.50 Å². The third-order valence-corrected chi connectivity index (χ3v) is 7.11. The molecule has 1 saturated heterocycles. The van der Waals surface area contributed by atoms with Gasteiger partial charge in [-0.2, -0.15) is 13.5 Å². The Morgan fingerprint density at radius 2 is 1.81 bits per heavy atom. The highest BCUT2D eigenvalue weighted by atomic mass is 32.2. The summed E-state index contributed by atoms with van der Waals surface area (Å²) in [5, 5.41) is 10.9. The van der Waals surface area contributed by atoms with Crippen molar-refractivity contribution in [1.82, 2.24) is 5.32 Å². The summed E-state index contributed by atoms with van der Waals surface area (Å²) in [7, 11) is -4.02. The molecule has 0 aromatic heterocycles. The van der Waals surface area contributed by atoms with E-state index in [2.05, 4.69) is 36.3 Å². The first-order chi connectivity index (χ1) is 14.6. The topological polar surface area (TPSA) is 97.2 Å². The zero-order valence-electron chi connectivity index (χ0n) is 17.8. The number of benzene rings is 2. The van der Waals surface area contributed by atoms with Crippen molar-refractivity contribution >= 4 is 39.2 Å². The molecule has 7 nitrogen and oxygen atoms in total. The number of carbonyl (C=O) groups is 1. The molecule has 1 N–H and O–H groups in total. The molecule has 0 radical (unpaired) electrons. The van der Waals surface area contributed by atoms with E-state index >= 15 is 0 Å². The summed E-state index contributed by atoms with van der Waals surface area (Å²) in [5.41, 5.74) is 1.39. The summed E-state index contributed by atoms with van der Waals surface area (Å²) in [4.78, 5) is 11.8. The summed E-state index contributed by atoms with van der Waals surface area (Å²) in [6.07, 6.45) is 2.09. The first-order valence-electron chi connectivity index (χ1n) is 9.83. The van der Waals surface area contributed by atoms with Crippen LogP contribution in [0.25, 0.3) is 0 Å². The van der Waals surface area contributed by atoms with Gasteiger partial charge in [-0.05, 0) is 41.7 Å². The average Bonchev–Trinajstić information content (AvgIpc) is 3.08. The number of thioether (sulfide) groups is 1. The highest BCUT2D eigenvalue weighted by Gasteiger charge is 2.28. The fourth-order valence-corrected chi connectivity index (χ4v) is 4.63. The Bertz CT molecular complexity index is 1120. The molecule has 164 valence electrons. The maximum Gasteiger partial charge on any atom is 0.339 e. The summed E-state index contributed by atoms with van der Waals surface area (Å²) in [6.45, 7) is 8.10. The van der Waals surface area contributed by atoms with E-state index in [1.54, 1.807) is 48.5 Å². The van der Waals surface area contributed by atoms with Crippen molar-refractivity contribution in [3.8, 4) is 5.75 Å². The molecular weight excluding hydrogens is 434 g/mol. The van der Waals surface area contributed by atoms with E-state index in [4.69, 9.17) is 4.18 Å². The lowest BCUT2D eigenvalue weighted by Gasteiger charge is -2.19. The van der Waals surface area contributed by atoms with Crippen LogP contribution in [0.4, 0.5) is 0 Å². The van der Waals surface area contributed by atoms with E-state index < -0.39 is 10.1 Å². The Hall–Kier alpha value is -2.65. The molecule has 1 amide bonds. The molecule has 0 saturated carbocycles. The molecule has 0 spiro atoms. The predicted octanol–water partition coefficient (Wildman–Crippen LogP) is 4.08. The second-order valence-electron chi connectivity index (χ2n) is 8.00. The van der Waals surface area contributed by atoms with Crippen LogP contribution in [0.15, 0.2) is 63.6 Å². The van der Waals surface area contributed by atoms with Crippen LogP contribution in [0.5, 0.6) is 5.75 Å². The summed E-state index contributed by atoms with van der Waals surface area (Å²) >= 11 is 1.32. The molecule has 3 rings (SSSR count). The highest BCUT2D eigenvalue weighted by molar-refractivity contribution is 8.15. The Morgan fingerprint density at radius 1 is 1.13 bits per heavy atom. The van der Waals surface area contributed by atoms with Crippen molar-refractivity contribution in [1.29, 1.82) is 0 Å². The van der Waals surface area contributed by atoms with Crippen molar-refractivity contribution in [3.63, 3.8) is 0 Å². The standard InChI is InChI=1S/C22H25N3O4S2/c1-5-19-20(26)24-21(30-19)25-23-14-15-8-6-7-9-18(15)29-31(27,28)17-12-10-16(11-13-17)22(2,3)4/h6-14,19H,5H2,1-4H3,(H,24,25,26)/b23-14+. The van der Waals surface area contributed by atoms with Crippen LogP contribution in [-0.4, -0.2) is 31.0 Å². The number of hydrogen-bond donors (Lipinski definition) is 1. The van der Waals surface area contributed by atoms with Crippen molar-refractivity contribution in [2.75, 3.05) is 0 Å². The molecule has 1 aliphatic rings. The Kier molecular flexibility index (Phi) is 6.86. The third-order valence-electron chi connectivity index (χ3n) is 4.62. The van der Waals surface area contributed by atoms with Crippen LogP contribution in [0.3, 0.4) is 0 Å². The molecule has 2 aromatic rings. The molecule has 1 unspecified atom stereocenters. The van der Waals surface area contributed by atoms with Crippen LogP contribution >= 0.6 is 11.8 Å². The lowest BCUT2D eigenvalue weighted by Crippen LogP contribution is -2.24. The van der Waals surface area contributed by atoms with Crippen LogP contribution in [0, 0.1) is 0 Å². The first kappa shape index (κ1) is 23.0. The van der Waals surface area contributed by atoms with Crippen molar-refractivity contribution < 1.29 is 17.4 Å². The van der Waals surface area contributed by atoms with E-state index in [1.165, 1.54) is 18.0 Å². The molecule has 0 bridgehead atoms.